The Morgan fingerprint density at radius 2 is 1.80 bits per heavy atom. The number of rotatable bonds is 4. The van der Waals surface area contributed by atoms with E-state index in [4.69, 9.17) is 0 Å². The van der Waals surface area contributed by atoms with E-state index in [1.54, 1.807) is 10.6 Å². The summed E-state index contributed by atoms with van der Waals surface area (Å²) in [6, 6.07) is 14.3. The minimum absolute atomic E-state index is 0.318. The minimum Gasteiger partial charge on any atom is -0.480 e. The third-order valence-corrected chi connectivity index (χ3v) is 4.62. The van der Waals surface area contributed by atoms with Crippen molar-refractivity contribution in [3.8, 4) is 0 Å². The molecule has 6 nitrogen and oxygen atoms in total. The van der Waals surface area contributed by atoms with Gasteiger partial charge in [-0.1, -0.05) is 30.3 Å². The molecule has 6 heteroatoms. The van der Waals surface area contributed by atoms with Crippen molar-refractivity contribution in [2.45, 2.75) is 19.5 Å². The van der Waals surface area contributed by atoms with Crippen LogP contribution >= 0.6 is 0 Å². The first-order valence-electron chi connectivity index (χ1n) is 8.05. The molecule has 0 aliphatic carbocycles. The number of nitrogens with zero attached hydrogens (tertiary/aromatic N) is 2. The van der Waals surface area contributed by atoms with Crippen LogP contribution in [0.1, 0.15) is 18.5 Å². The van der Waals surface area contributed by atoms with Crippen LogP contribution in [0.4, 0.5) is 0 Å². The van der Waals surface area contributed by atoms with Gasteiger partial charge in [-0.25, -0.2) is 9.59 Å². The van der Waals surface area contributed by atoms with Crippen molar-refractivity contribution in [2.75, 3.05) is 0 Å². The predicted molar refractivity (Wildman–Crippen MR) is 95.9 cm³/mol. The van der Waals surface area contributed by atoms with E-state index >= 15 is 0 Å². The summed E-state index contributed by atoms with van der Waals surface area (Å²) < 4.78 is 2.97. The SMILES string of the molecule is CC(C(=O)O)n1c(=O)n(Cc2c[nH]c3ccccc23)c2ccccc21. The van der Waals surface area contributed by atoms with Crippen molar-refractivity contribution >= 4 is 27.9 Å². The maximum atomic E-state index is 12.9. The zero-order valence-electron chi connectivity index (χ0n) is 13.6. The Morgan fingerprint density at radius 1 is 1.12 bits per heavy atom. The number of aromatic amines is 1. The number of aliphatic carboxylic acids is 1. The van der Waals surface area contributed by atoms with Gasteiger partial charge in [0.05, 0.1) is 17.6 Å². The van der Waals surface area contributed by atoms with E-state index in [1.165, 1.54) is 11.5 Å². The summed E-state index contributed by atoms with van der Waals surface area (Å²) in [6.07, 6.45) is 1.89. The number of H-pyrrole nitrogens is 1. The van der Waals surface area contributed by atoms with Crippen molar-refractivity contribution in [1.29, 1.82) is 0 Å². The molecule has 0 amide bonds. The molecule has 0 spiro atoms. The van der Waals surface area contributed by atoms with Gasteiger partial charge in [-0.05, 0) is 30.7 Å². The smallest absolute Gasteiger partial charge is 0.330 e. The van der Waals surface area contributed by atoms with Gasteiger partial charge in [0.25, 0.3) is 0 Å². The number of imidazole rings is 1. The molecule has 2 heterocycles. The Bertz CT molecular complexity index is 1150. The number of fused-ring (bicyclic) bond motifs is 2. The summed E-state index contributed by atoms with van der Waals surface area (Å²) in [5.74, 6) is -1.03. The summed E-state index contributed by atoms with van der Waals surface area (Å²) >= 11 is 0. The molecule has 2 aromatic heterocycles. The molecule has 2 N–H and O–H groups in total. The molecule has 2 aromatic carbocycles. The van der Waals surface area contributed by atoms with Gasteiger partial charge in [-0.3, -0.25) is 9.13 Å². The lowest BCUT2D eigenvalue weighted by atomic mass is 10.2. The van der Waals surface area contributed by atoms with E-state index in [2.05, 4.69) is 4.98 Å². The summed E-state index contributed by atoms with van der Waals surface area (Å²) in [5.41, 5.74) is 3.03. The summed E-state index contributed by atoms with van der Waals surface area (Å²) in [4.78, 5) is 27.6. The fraction of sp³-hybridized carbons (Fsp3) is 0.158. The lowest BCUT2D eigenvalue weighted by Crippen LogP contribution is -2.30. The molecule has 1 atom stereocenters. The fourth-order valence-electron chi connectivity index (χ4n) is 3.30. The number of carboxylic acids is 1. The molecule has 1 unspecified atom stereocenters. The van der Waals surface area contributed by atoms with Gasteiger partial charge in [0.1, 0.15) is 6.04 Å². The van der Waals surface area contributed by atoms with Crippen molar-refractivity contribution in [1.82, 2.24) is 14.1 Å². The van der Waals surface area contributed by atoms with Crippen LogP contribution in [0.5, 0.6) is 0 Å². The summed E-state index contributed by atoms with van der Waals surface area (Å²) in [5, 5.41) is 10.4. The largest absolute Gasteiger partial charge is 0.480 e. The maximum absolute atomic E-state index is 12.9. The Kier molecular flexibility index (Phi) is 3.46. The fourth-order valence-corrected chi connectivity index (χ4v) is 3.30. The second-order valence-electron chi connectivity index (χ2n) is 6.10. The molecule has 126 valence electrons. The number of nitrogens with one attached hydrogen (secondary N) is 1. The Balaban J connectivity index is 1.92. The molecule has 0 aliphatic rings. The van der Waals surface area contributed by atoms with Crippen LogP contribution in [0, 0.1) is 0 Å². The number of benzene rings is 2. The van der Waals surface area contributed by atoms with E-state index in [1.807, 2.05) is 48.7 Å². The topological polar surface area (TPSA) is 80.0 Å². The highest BCUT2D eigenvalue weighted by atomic mass is 16.4. The number of para-hydroxylation sites is 3. The molecule has 0 saturated heterocycles. The number of hydrogen-bond acceptors (Lipinski definition) is 2. The van der Waals surface area contributed by atoms with Crippen molar-refractivity contribution in [3.05, 3.63) is 70.8 Å². The van der Waals surface area contributed by atoms with E-state index in [0.29, 0.717) is 12.1 Å². The Morgan fingerprint density at radius 3 is 2.56 bits per heavy atom. The van der Waals surface area contributed by atoms with Crippen molar-refractivity contribution < 1.29 is 9.90 Å². The molecule has 4 aromatic rings. The van der Waals surface area contributed by atoms with Crippen LogP contribution in [0.25, 0.3) is 21.9 Å². The third kappa shape index (κ3) is 2.34. The first kappa shape index (κ1) is 15.3. The molecule has 0 aliphatic heterocycles. The van der Waals surface area contributed by atoms with E-state index in [9.17, 15) is 14.7 Å². The zero-order valence-corrected chi connectivity index (χ0v) is 13.6. The molecular weight excluding hydrogens is 318 g/mol. The minimum atomic E-state index is -1.03. The first-order chi connectivity index (χ1) is 12.1. The second kappa shape index (κ2) is 5.66. The van der Waals surface area contributed by atoms with E-state index < -0.39 is 12.0 Å². The summed E-state index contributed by atoms with van der Waals surface area (Å²) in [6.45, 7) is 1.90. The van der Waals surface area contributed by atoms with Crippen LogP contribution in [0.15, 0.2) is 59.5 Å². The quantitative estimate of drug-likeness (QED) is 0.602. The average molecular weight is 335 g/mol. The number of aromatic nitrogens is 3. The van der Waals surface area contributed by atoms with Gasteiger partial charge < -0.3 is 10.1 Å². The monoisotopic (exact) mass is 335 g/mol. The number of hydrogen-bond donors (Lipinski definition) is 2. The maximum Gasteiger partial charge on any atom is 0.330 e. The first-order valence-corrected chi connectivity index (χ1v) is 8.05. The highest BCUT2D eigenvalue weighted by Gasteiger charge is 2.22. The highest BCUT2D eigenvalue weighted by molar-refractivity contribution is 5.84. The molecule has 25 heavy (non-hydrogen) atoms. The van der Waals surface area contributed by atoms with Gasteiger partial charge in [0.15, 0.2) is 0 Å². The molecule has 4 rings (SSSR count). The number of carboxylic acid groups (broad SMARTS) is 1. The summed E-state index contributed by atoms with van der Waals surface area (Å²) in [7, 11) is 0. The Labute approximate surface area is 142 Å². The van der Waals surface area contributed by atoms with Crippen LogP contribution in [-0.4, -0.2) is 25.2 Å². The average Bonchev–Trinajstić information content (AvgIpc) is 3.14. The van der Waals surface area contributed by atoms with E-state index in [0.717, 1.165) is 22.0 Å². The predicted octanol–water partition coefficient (Wildman–Crippen LogP) is 2.98. The van der Waals surface area contributed by atoms with Crippen molar-refractivity contribution in [2.24, 2.45) is 0 Å². The molecular formula is C19H17N3O3. The third-order valence-electron chi connectivity index (χ3n) is 4.62. The van der Waals surface area contributed by atoms with Gasteiger partial charge in [-0.2, -0.15) is 0 Å². The van der Waals surface area contributed by atoms with Gasteiger partial charge in [-0.15, -0.1) is 0 Å². The molecule has 0 radical (unpaired) electrons. The molecule has 0 bridgehead atoms. The Hall–Kier alpha value is -3.28. The highest BCUT2D eigenvalue weighted by Crippen LogP contribution is 2.22. The van der Waals surface area contributed by atoms with Crippen LogP contribution in [0.3, 0.4) is 0 Å². The lowest BCUT2D eigenvalue weighted by molar-refractivity contribution is -0.140. The second-order valence-corrected chi connectivity index (χ2v) is 6.10. The van der Waals surface area contributed by atoms with Crippen LogP contribution in [-0.2, 0) is 11.3 Å². The van der Waals surface area contributed by atoms with Gasteiger partial charge in [0.2, 0.25) is 0 Å². The normalized spacial score (nSPS) is 12.7. The molecule has 0 fully saturated rings. The lowest BCUT2D eigenvalue weighted by Gasteiger charge is -2.07. The number of carbonyl (C=O) groups is 1. The van der Waals surface area contributed by atoms with Crippen LogP contribution in [0.2, 0.25) is 0 Å². The standard InChI is InChI=1S/C19H17N3O3/c1-12(18(23)24)22-17-9-5-4-8-16(17)21(19(22)25)11-13-10-20-15-7-3-2-6-14(13)15/h2-10,12,20H,11H2,1H3,(H,23,24). The molecule has 0 saturated carbocycles. The van der Waals surface area contributed by atoms with Gasteiger partial charge >= 0.3 is 11.7 Å². The zero-order chi connectivity index (χ0) is 17.6. The van der Waals surface area contributed by atoms with Crippen LogP contribution < -0.4 is 5.69 Å². The van der Waals surface area contributed by atoms with Gasteiger partial charge in [0, 0.05) is 17.1 Å². The van der Waals surface area contributed by atoms with Crippen molar-refractivity contribution in [3.63, 3.8) is 0 Å². The van der Waals surface area contributed by atoms with E-state index in [-0.39, 0.29) is 5.69 Å².